The van der Waals surface area contributed by atoms with Crippen LogP contribution in [0.5, 0.6) is 0 Å². The zero-order valence-corrected chi connectivity index (χ0v) is 41.2. The number of hydrogen-bond acceptors (Lipinski definition) is 3. The van der Waals surface area contributed by atoms with Gasteiger partial charge in [0, 0.05) is 37.4 Å². The molecular weight excluding hydrogens is 983 g/mol. The van der Waals surface area contributed by atoms with Crippen molar-refractivity contribution in [2.75, 3.05) is 0 Å². The first-order chi connectivity index (χ1) is 31.4. The van der Waals surface area contributed by atoms with E-state index in [1.54, 1.807) is 0 Å². The number of fused-ring (bicyclic) bond motifs is 7. The van der Waals surface area contributed by atoms with E-state index in [9.17, 15) is 0 Å². The van der Waals surface area contributed by atoms with Crippen molar-refractivity contribution in [3.05, 3.63) is 198 Å². The number of aromatic nitrogens is 3. The Morgan fingerprint density at radius 1 is 0.606 bits per heavy atom. The van der Waals surface area contributed by atoms with E-state index in [0.717, 1.165) is 55.6 Å². The van der Waals surface area contributed by atoms with Crippen LogP contribution in [0.1, 0.15) is 82.6 Å². The molecule has 0 atom stereocenters. The first kappa shape index (κ1) is 44.5. The summed E-state index contributed by atoms with van der Waals surface area (Å²) in [6.07, 6.45) is 1.87. The third-order valence-corrected chi connectivity index (χ3v) is 12.7. The molecule has 0 fully saturated rings. The molecule has 3 aromatic heterocycles. The third kappa shape index (κ3) is 8.27. The summed E-state index contributed by atoms with van der Waals surface area (Å²) in [5.41, 5.74) is 15.5. The molecule has 0 amide bonds. The minimum Gasteiger partial charge on any atom is -0.501 e. The molecule has 11 rings (SSSR count). The zero-order valence-electron chi connectivity index (χ0n) is 38.8. The molecular formula is C61H53IrN3O-2. The Morgan fingerprint density at radius 3 is 2.06 bits per heavy atom. The van der Waals surface area contributed by atoms with Gasteiger partial charge in [-0.25, -0.2) is 0 Å². The number of pyridine rings is 1. The predicted molar refractivity (Wildman–Crippen MR) is 273 cm³/mol. The van der Waals surface area contributed by atoms with E-state index in [4.69, 9.17) is 9.40 Å². The third-order valence-electron chi connectivity index (χ3n) is 12.7. The van der Waals surface area contributed by atoms with Crippen LogP contribution in [0.3, 0.4) is 0 Å². The largest absolute Gasteiger partial charge is 0.501 e. The van der Waals surface area contributed by atoms with Gasteiger partial charge >= 0.3 is 0 Å². The normalized spacial score (nSPS) is 11.8. The topological polar surface area (TPSA) is 43.9 Å². The summed E-state index contributed by atoms with van der Waals surface area (Å²) in [5.74, 6) is 1.40. The Hall–Kier alpha value is -6.65. The maximum Gasteiger partial charge on any atom is 0.121 e. The first-order valence-electron chi connectivity index (χ1n) is 22.8. The standard InChI is InChI=1S/C46H37N2O.C15H16N.Ir/c1-27(2)37-24-33(30-12-7-6-8-13-30)25-38(28(3)4)44(37)48-42-22-29(5)18-21-41(42)47-46(48)36-17-11-16-35-40-23-32-20-19-31-14-9-10-15-34(31)39(32)26-43(40)49-45(35)36;1-15(2,3)13-9-10-16-14(11-13)12-7-5-4-6-8-12;/h6-16,18-28H,1-5H3;4-7,9-11H,1-3H3;/q2*-1;. The molecule has 0 unspecified atom stereocenters. The molecule has 8 aromatic carbocycles. The van der Waals surface area contributed by atoms with Gasteiger partial charge in [-0.3, -0.25) is 4.98 Å². The van der Waals surface area contributed by atoms with Crippen LogP contribution in [0.15, 0.2) is 168 Å². The fraction of sp³-hybridized carbons (Fsp3) is 0.180. The van der Waals surface area contributed by atoms with Crippen molar-refractivity contribution in [2.45, 2.75) is 72.6 Å². The van der Waals surface area contributed by atoms with E-state index in [0.29, 0.717) is 0 Å². The number of imidazole rings is 1. The fourth-order valence-electron chi connectivity index (χ4n) is 9.20. The second-order valence-corrected chi connectivity index (χ2v) is 19.0. The molecule has 0 saturated heterocycles. The van der Waals surface area contributed by atoms with Crippen molar-refractivity contribution in [1.29, 1.82) is 0 Å². The van der Waals surface area contributed by atoms with Crippen LogP contribution in [-0.4, -0.2) is 14.5 Å². The van der Waals surface area contributed by atoms with Crippen LogP contribution in [0.4, 0.5) is 0 Å². The minimum absolute atomic E-state index is 0. The van der Waals surface area contributed by atoms with Crippen molar-refractivity contribution >= 4 is 54.5 Å². The van der Waals surface area contributed by atoms with Crippen molar-refractivity contribution in [1.82, 2.24) is 14.5 Å². The second kappa shape index (κ2) is 18.0. The number of benzene rings is 8. The number of furan rings is 1. The number of aryl methyl sites for hydroxylation is 1. The van der Waals surface area contributed by atoms with Crippen LogP contribution >= 0.6 is 0 Å². The van der Waals surface area contributed by atoms with Gasteiger partial charge in [-0.2, -0.15) is 0 Å². The molecule has 5 heteroatoms. The second-order valence-electron chi connectivity index (χ2n) is 19.0. The molecule has 0 bridgehead atoms. The average Bonchev–Trinajstić information content (AvgIpc) is 3.88. The zero-order chi connectivity index (χ0) is 45.0. The Labute approximate surface area is 401 Å². The van der Waals surface area contributed by atoms with Crippen molar-refractivity contribution in [3.8, 4) is 39.5 Å². The molecule has 0 saturated carbocycles. The van der Waals surface area contributed by atoms with Gasteiger partial charge in [-0.1, -0.05) is 138 Å². The van der Waals surface area contributed by atoms with Gasteiger partial charge in [0.15, 0.2) is 0 Å². The van der Waals surface area contributed by atoms with Crippen LogP contribution in [-0.2, 0) is 25.5 Å². The van der Waals surface area contributed by atoms with Crippen LogP contribution in [0.2, 0.25) is 0 Å². The smallest absolute Gasteiger partial charge is 0.121 e. The minimum atomic E-state index is 0. The van der Waals surface area contributed by atoms with E-state index in [2.05, 4.69) is 204 Å². The summed E-state index contributed by atoms with van der Waals surface area (Å²) in [6.45, 7) is 18.0. The molecule has 66 heavy (non-hydrogen) atoms. The first-order valence-corrected chi connectivity index (χ1v) is 22.8. The Kier molecular flexibility index (Phi) is 12.1. The average molecular weight is 1040 g/mol. The molecule has 1 radical (unpaired) electrons. The maximum atomic E-state index is 6.85. The van der Waals surface area contributed by atoms with Crippen molar-refractivity contribution in [2.24, 2.45) is 0 Å². The Bertz CT molecular complexity index is 3510. The molecule has 0 aliphatic carbocycles. The van der Waals surface area contributed by atoms with Gasteiger partial charge in [0.2, 0.25) is 0 Å². The number of rotatable bonds is 6. The van der Waals surface area contributed by atoms with E-state index in [-0.39, 0.29) is 37.4 Å². The molecule has 3 heterocycles. The number of nitrogens with zero attached hydrogens (tertiary/aromatic N) is 3. The van der Waals surface area contributed by atoms with E-state index >= 15 is 0 Å². The summed E-state index contributed by atoms with van der Waals surface area (Å²) in [4.78, 5) is 9.76. The molecule has 0 aliphatic rings. The van der Waals surface area contributed by atoms with Gasteiger partial charge in [0.25, 0.3) is 0 Å². The molecule has 0 aliphatic heterocycles. The summed E-state index contributed by atoms with van der Waals surface area (Å²) in [6, 6.07) is 62.6. The van der Waals surface area contributed by atoms with Gasteiger partial charge in [0.05, 0.1) is 22.4 Å². The molecule has 329 valence electrons. The van der Waals surface area contributed by atoms with Crippen LogP contribution in [0.25, 0.3) is 94.0 Å². The molecule has 4 nitrogen and oxygen atoms in total. The monoisotopic (exact) mass is 1040 g/mol. The SMILES string of the molecule is CC(C)(C)c1ccnc(-c2[c-]cccc2)c1.Cc1ccc2nc(-c3[c-]ccc4c3oc3cc5c(ccc6ccccc65)cc34)n(-c3c(C(C)C)cc(-c4ccccc4)cc3C(C)C)c2c1.[Ir]. The Balaban J connectivity index is 0.000000273. The van der Waals surface area contributed by atoms with Gasteiger partial charge in [-0.05, 0) is 127 Å². The molecule has 0 N–H and O–H groups in total. The maximum absolute atomic E-state index is 6.85. The van der Waals surface area contributed by atoms with Crippen molar-refractivity contribution < 1.29 is 24.5 Å². The summed E-state index contributed by atoms with van der Waals surface area (Å²) in [7, 11) is 0. The van der Waals surface area contributed by atoms with Crippen LogP contribution in [0, 0.1) is 19.1 Å². The van der Waals surface area contributed by atoms with Gasteiger partial charge in [0.1, 0.15) is 5.58 Å². The van der Waals surface area contributed by atoms with E-state index in [1.165, 1.54) is 60.6 Å². The Morgan fingerprint density at radius 2 is 1.33 bits per heavy atom. The summed E-state index contributed by atoms with van der Waals surface area (Å²) in [5, 5.41) is 7.02. The molecule has 0 spiro atoms. The quantitative estimate of drug-likeness (QED) is 0.123. The number of hydrogen-bond donors (Lipinski definition) is 0. The van der Waals surface area contributed by atoms with Crippen LogP contribution < -0.4 is 0 Å². The van der Waals surface area contributed by atoms with Crippen molar-refractivity contribution in [3.63, 3.8) is 0 Å². The summed E-state index contributed by atoms with van der Waals surface area (Å²) >= 11 is 0. The molecule has 11 aromatic rings. The van der Waals surface area contributed by atoms with E-state index < -0.39 is 0 Å². The van der Waals surface area contributed by atoms with Gasteiger partial charge < -0.3 is 14.0 Å². The van der Waals surface area contributed by atoms with E-state index in [1.807, 2.05) is 36.5 Å². The predicted octanol–water partition coefficient (Wildman–Crippen LogP) is 16.8. The fourth-order valence-corrected chi connectivity index (χ4v) is 9.20. The van der Waals surface area contributed by atoms with Gasteiger partial charge in [-0.15, -0.1) is 54.1 Å². The summed E-state index contributed by atoms with van der Waals surface area (Å²) < 4.78 is 9.25.